The predicted octanol–water partition coefficient (Wildman–Crippen LogP) is 2.00. The van der Waals surface area contributed by atoms with Gasteiger partial charge < -0.3 is 9.84 Å². The molecule has 1 N–H and O–H groups in total. The summed E-state index contributed by atoms with van der Waals surface area (Å²) in [5.41, 5.74) is 0.902. The van der Waals surface area contributed by atoms with E-state index in [1.807, 2.05) is 0 Å². The van der Waals surface area contributed by atoms with Crippen molar-refractivity contribution in [3.05, 3.63) is 12.2 Å². The Morgan fingerprint density at radius 3 is 2.44 bits per heavy atom. The number of carboxylic acids is 1. The molecule has 2 unspecified atom stereocenters. The summed E-state index contributed by atoms with van der Waals surface area (Å²) < 4.78 is 4.62. The van der Waals surface area contributed by atoms with E-state index < -0.39 is 5.97 Å². The van der Waals surface area contributed by atoms with Gasteiger partial charge in [0.25, 0.3) is 0 Å². The number of aliphatic carboxylic acids is 1. The first-order chi connectivity index (χ1) is 7.54. The second kappa shape index (κ2) is 5.68. The van der Waals surface area contributed by atoms with E-state index in [-0.39, 0.29) is 24.2 Å². The summed E-state index contributed by atoms with van der Waals surface area (Å²) in [7, 11) is 1.36. The van der Waals surface area contributed by atoms with Gasteiger partial charge in [-0.25, -0.2) is 0 Å². The molecule has 1 aliphatic rings. The number of allylic oxidation sites excluding steroid dienone is 1. The predicted molar refractivity (Wildman–Crippen MR) is 58.9 cm³/mol. The Morgan fingerprint density at radius 1 is 1.38 bits per heavy atom. The van der Waals surface area contributed by atoms with Crippen LogP contribution in [-0.2, 0) is 14.3 Å². The third-order valence-electron chi connectivity index (χ3n) is 3.22. The molecule has 0 aromatic carbocycles. The first-order valence-corrected chi connectivity index (χ1v) is 5.52. The van der Waals surface area contributed by atoms with Crippen molar-refractivity contribution in [2.24, 2.45) is 11.8 Å². The fourth-order valence-electron chi connectivity index (χ4n) is 2.28. The van der Waals surface area contributed by atoms with E-state index in [9.17, 15) is 9.59 Å². The average Bonchev–Trinajstić information content (AvgIpc) is 2.23. The van der Waals surface area contributed by atoms with Crippen LogP contribution in [0.1, 0.15) is 32.1 Å². The molecule has 4 nitrogen and oxygen atoms in total. The summed E-state index contributed by atoms with van der Waals surface area (Å²) in [6, 6.07) is 0. The topological polar surface area (TPSA) is 63.6 Å². The molecule has 4 heteroatoms. The zero-order chi connectivity index (χ0) is 12.1. The van der Waals surface area contributed by atoms with Gasteiger partial charge in [-0.2, -0.15) is 0 Å². The molecule has 0 heterocycles. The molecule has 0 amide bonds. The highest BCUT2D eigenvalue weighted by atomic mass is 16.5. The number of methoxy groups -OCH3 is 1. The first-order valence-electron chi connectivity index (χ1n) is 5.52. The molecule has 1 saturated carbocycles. The van der Waals surface area contributed by atoms with Crippen molar-refractivity contribution in [1.82, 2.24) is 0 Å². The van der Waals surface area contributed by atoms with Gasteiger partial charge in [-0.3, -0.25) is 9.59 Å². The van der Waals surface area contributed by atoms with Gasteiger partial charge >= 0.3 is 11.9 Å². The number of rotatable bonds is 4. The maximum atomic E-state index is 11.2. The van der Waals surface area contributed by atoms with Crippen molar-refractivity contribution < 1.29 is 19.4 Å². The molecule has 0 saturated heterocycles. The summed E-state index contributed by atoms with van der Waals surface area (Å²) in [6.07, 6.45) is 3.17. The van der Waals surface area contributed by atoms with Gasteiger partial charge in [0.1, 0.15) is 0 Å². The Labute approximate surface area is 95.3 Å². The third kappa shape index (κ3) is 3.36. The minimum Gasteiger partial charge on any atom is -0.481 e. The highest BCUT2D eigenvalue weighted by Gasteiger charge is 2.29. The summed E-state index contributed by atoms with van der Waals surface area (Å²) in [5, 5.41) is 8.77. The van der Waals surface area contributed by atoms with Crippen LogP contribution in [0.3, 0.4) is 0 Å². The number of esters is 1. The van der Waals surface area contributed by atoms with E-state index in [4.69, 9.17) is 5.11 Å². The van der Waals surface area contributed by atoms with Crippen LogP contribution in [0.25, 0.3) is 0 Å². The lowest BCUT2D eigenvalue weighted by Crippen LogP contribution is -2.23. The monoisotopic (exact) mass is 226 g/mol. The van der Waals surface area contributed by atoms with Crippen molar-refractivity contribution in [3.8, 4) is 0 Å². The Balaban J connectivity index is 2.56. The lowest BCUT2D eigenvalue weighted by molar-refractivity contribution is -0.141. The zero-order valence-electron chi connectivity index (χ0n) is 9.57. The molecule has 0 aromatic heterocycles. The molecule has 16 heavy (non-hydrogen) atoms. The molecule has 90 valence electrons. The SMILES string of the molecule is C=C1C(CC(=O)O)CCCC1CC(=O)OC. The van der Waals surface area contributed by atoms with Gasteiger partial charge in [-0.1, -0.05) is 18.6 Å². The molecule has 0 radical (unpaired) electrons. The van der Waals surface area contributed by atoms with E-state index in [0.29, 0.717) is 6.42 Å². The Hall–Kier alpha value is -1.32. The van der Waals surface area contributed by atoms with Crippen LogP contribution in [0.2, 0.25) is 0 Å². The van der Waals surface area contributed by atoms with Crippen LogP contribution < -0.4 is 0 Å². The van der Waals surface area contributed by atoms with Gasteiger partial charge in [-0.15, -0.1) is 0 Å². The maximum Gasteiger partial charge on any atom is 0.306 e. The summed E-state index contributed by atoms with van der Waals surface area (Å²) >= 11 is 0. The Kier molecular flexibility index (Phi) is 4.52. The zero-order valence-corrected chi connectivity index (χ0v) is 9.57. The van der Waals surface area contributed by atoms with Gasteiger partial charge in [0, 0.05) is 0 Å². The molecule has 1 fully saturated rings. The molecule has 0 aliphatic heterocycles. The lowest BCUT2D eigenvalue weighted by Gasteiger charge is -2.30. The maximum absolute atomic E-state index is 11.2. The van der Waals surface area contributed by atoms with E-state index in [1.54, 1.807) is 0 Å². The van der Waals surface area contributed by atoms with Gasteiger partial charge in [0.2, 0.25) is 0 Å². The smallest absolute Gasteiger partial charge is 0.306 e. The van der Waals surface area contributed by atoms with Crippen molar-refractivity contribution in [2.45, 2.75) is 32.1 Å². The second-order valence-corrected chi connectivity index (χ2v) is 4.28. The molecule has 2 atom stereocenters. The van der Waals surface area contributed by atoms with E-state index in [0.717, 1.165) is 24.8 Å². The number of ether oxygens (including phenoxy) is 1. The summed E-state index contributed by atoms with van der Waals surface area (Å²) in [4.78, 5) is 21.8. The molecule has 0 spiro atoms. The van der Waals surface area contributed by atoms with Crippen LogP contribution in [0.4, 0.5) is 0 Å². The van der Waals surface area contributed by atoms with Crippen LogP contribution >= 0.6 is 0 Å². The second-order valence-electron chi connectivity index (χ2n) is 4.28. The minimum atomic E-state index is -0.801. The molecule has 0 aromatic rings. The number of hydrogen-bond acceptors (Lipinski definition) is 3. The minimum absolute atomic E-state index is 0.0147. The molecule has 0 bridgehead atoms. The van der Waals surface area contributed by atoms with E-state index >= 15 is 0 Å². The number of carboxylic acid groups (broad SMARTS) is 1. The van der Waals surface area contributed by atoms with Crippen LogP contribution in [0.5, 0.6) is 0 Å². The fraction of sp³-hybridized carbons (Fsp3) is 0.667. The van der Waals surface area contributed by atoms with Crippen LogP contribution in [0, 0.1) is 11.8 Å². The Morgan fingerprint density at radius 2 is 1.94 bits per heavy atom. The largest absolute Gasteiger partial charge is 0.481 e. The number of hydrogen-bond donors (Lipinski definition) is 1. The van der Waals surface area contributed by atoms with Crippen molar-refractivity contribution in [1.29, 1.82) is 0 Å². The quantitative estimate of drug-likeness (QED) is 0.588. The molecular weight excluding hydrogens is 208 g/mol. The number of carbonyl (C=O) groups excluding carboxylic acids is 1. The average molecular weight is 226 g/mol. The van der Waals surface area contributed by atoms with Crippen LogP contribution in [-0.4, -0.2) is 24.2 Å². The molecular formula is C12H18O4. The van der Waals surface area contributed by atoms with Crippen molar-refractivity contribution in [2.75, 3.05) is 7.11 Å². The van der Waals surface area contributed by atoms with Gasteiger partial charge in [0.15, 0.2) is 0 Å². The van der Waals surface area contributed by atoms with Crippen molar-refractivity contribution in [3.63, 3.8) is 0 Å². The standard InChI is InChI=1S/C12H18O4/c1-8-9(6-11(13)14)4-3-5-10(8)7-12(15)16-2/h9-10H,1,3-7H2,2H3,(H,13,14). The van der Waals surface area contributed by atoms with Crippen molar-refractivity contribution >= 4 is 11.9 Å². The highest BCUT2D eigenvalue weighted by molar-refractivity contribution is 5.70. The van der Waals surface area contributed by atoms with Gasteiger partial charge in [0.05, 0.1) is 20.0 Å². The molecule has 1 aliphatic carbocycles. The Bertz CT molecular complexity index is 295. The summed E-state index contributed by atoms with van der Waals surface area (Å²) in [6.45, 7) is 3.95. The summed E-state index contributed by atoms with van der Waals surface area (Å²) in [5.74, 6) is -0.946. The van der Waals surface area contributed by atoms with E-state index in [1.165, 1.54) is 7.11 Å². The lowest BCUT2D eigenvalue weighted by atomic mass is 9.75. The van der Waals surface area contributed by atoms with Crippen LogP contribution in [0.15, 0.2) is 12.2 Å². The number of carbonyl (C=O) groups is 2. The molecule has 1 rings (SSSR count). The fourth-order valence-corrected chi connectivity index (χ4v) is 2.28. The van der Waals surface area contributed by atoms with E-state index in [2.05, 4.69) is 11.3 Å². The highest BCUT2D eigenvalue weighted by Crippen LogP contribution is 2.37. The van der Waals surface area contributed by atoms with Gasteiger partial charge in [-0.05, 0) is 24.7 Å². The normalized spacial score (nSPS) is 25.2. The third-order valence-corrected chi connectivity index (χ3v) is 3.22. The first kappa shape index (κ1) is 12.7.